The Morgan fingerprint density at radius 1 is 1.23 bits per heavy atom. The summed E-state index contributed by atoms with van der Waals surface area (Å²) in [4.78, 5) is 17.3. The van der Waals surface area contributed by atoms with Crippen LogP contribution in [0.2, 0.25) is 5.02 Å². The molecule has 3 aliphatic rings. The first-order valence-electron chi connectivity index (χ1n) is 8.37. The van der Waals surface area contributed by atoms with E-state index >= 15 is 0 Å². The number of amides is 1. The van der Waals surface area contributed by atoms with E-state index in [1.165, 1.54) is 12.1 Å². The van der Waals surface area contributed by atoms with Crippen molar-refractivity contribution in [1.29, 1.82) is 0 Å². The maximum absolute atomic E-state index is 13.5. The van der Waals surface area contributed by atoms with Gasteiger partial charge in [-0.2, -0.15) is 0 Å². The highest BCUT2D eigenvalue weighted by molar-refractivity contribution is 6.30. The Balaban J connectivity index is 1.54. The van der Waals surface area contributed by atoms with E-state index in [1.54, 1.807) is 24.5 Å². The van der Waals surface area contributed by atoms with Crippen LogP contribution >= 0.6 is 11.6 Å². The van der Waals surface area contributed by atoms with Gasteiger partial charge >= 0.3 is 0 Å². The number of halogens is 2. The molecule has 4 nitrogen and oxygen atoms in total. The lowest BCUT2D eigenvalue weighted by Crippen LogP contribution is -2.58. The van der Waals surface area contributed by atoms with Crippen LogP contribution in [0.3, 0.4) is 0 Å². The summed E-state index contributed by atoms with van der Waals surface area (Å²) in [5, 5.41) is 4.96. The molecule has 0 spiro atoms. The highest BCUT2D eigenvalue weighted by Crippen LogP contribution is 2.54. The van der Waals surface area contributed by atoms with Crippen molar-refractivity contribution < 1.29 is 13.9 Å². The van der Waals surface area contributed by atoms with Crippen LogP contribution in [0.15, 0.2) is 48.8 Å². The van der Waals surface area contributed by atoms with Crippen molar-refractivity contribution in [3.63, 3.8) is 0 Å². The maximum atomic E-state index is 13.5. The quantitative estimate of drug-likeness (QED) is 0.726. The molecule has 2 aliphatic heterocycles. The largest absolute Gasteiger partial charge is 0.490 e. The number of hydrogen-bond acceptors (Lipinski definition) is 3. The predicted molar refractivity (Wildman–Crippen MR) is 97.1 cm³/mol. The van der Waals surface area contributed by atoms with Gasteiger partial charge in [0.15, 0.2) is 0 Å². The van der Waals surface area contributed by atoms with Gasteiger partial charge in [0, 0.05) is 40.4 Å². The fraction of sp³-hybridized carbons (Fsp3) is 0.200. The van der Waals surface area contributed by atoms with Crippen LogP contribution in [0, 0.1) is 5.82 Å². The van der Waals surface area contributed by atoms with Crippen molar-refractivity contribution in [2.45, 2.75) is 24.4 Å². The minimum atomic E-state index is -0.647. The van der Waals surface area contributed by atoms with Crippen molar-refractivity contribution in [1.82, 2.24) is 4.98 Å². The third-order valence-electron chi connectivity index (χ3n) is 5.31. The van der Waals surface area contributed by atoms with Crippen molar-refractivity contribution >= 4 is 34.0 Å². The Morgan fingerprint density at radius 3 is 2.92 bits per heavy atom. The average molecular weight is 369 g/mol. The van der Waals surface area contributed by atoms with Crippen LogP contribution in [0.5, 0.6) is 5.75 Å². The van der Waals surface area contributed by atoms with E-state index in [9.17, 15) is 9.18 Å². The predicted octanol–water partition coefficient (Wildman–Crippen LogP) is 4.46. The molecule has 1 amide bonds. The first-order valence-corrected chi connectivity index (χ1v) is 8.74. The highest BCUT2D eigenvalue weighted by Gasteiger charge is 2.57. The fourth-order valence-electron chi connectivity index (χ4n) is 3.98. The van der Waals surface area contributed by atoms with Gasteiger partial charge in [0.25, 0.3) is 0 Å². The van der Waals surface area contributed by atoms with Crippen molar-refractivity contribution in [2.24, 2.45) is 0 Å². The van der Waals surface area contributed by atoms with Crippen LogP contribution < -0.4 is 10.1 Å². The Bertz CT molecular complexity index is 1060. The number of ether oxygens (including phenoxy) is 1. The molecule has 1 aromatic heterocycles. The van der Waals surface area contributed by atoms with E-state index in [2.05, 4.69) is 10.3 Å². The van der Waals surface area contributed by atoms with E-state index in [0.29, 0.717) is 34.7 Å². The van der Waals surface area contributed by atoms with E-state index in [0.717, 1.165) is 10.9 Å². The molecule has 0 unspecified atom stereocenters. The number of carbonyl (C=O) groups excluding carboxylic acids is 1. The van der Waals surface area contributed by atoms with Gasteiger partial charge < -0.3 is 10.1 Å². The smallest absolute Gasteiger partial charge is 0.235 e. The minimum Gasteiger partial charge on any atom is -0.490 e. The second kappa shape index (κ2) is 5.42. The SMILES string of the molecule is O=C(Nc1cncc2cc(F)ccc12)C12CC(C1)Oc1ccc(Cl)cc12. The Kier molecular flexibility index (Phi) is 3.25. The van der Waals surface area contributed by atoms with E-state index in [1.807, 2.05) is 12.1 Å². The van der Waals surface area contributed by atoms with Crippen LogP contribution in [0.4, 0.5) is 10.1 Å². The highest BCUT2D eigenvalue weighted by atomic mass is 35.5. The van der Waals surface area contributed by atoms with Gasteiger partial charge in [0.2, 0.25) is 5.91 Å². The second-order valence-corrected chi connectivity index (χ2v) is 7.31. The molecule has 3 aromatic rings. The number of fused-ring (bicyclic) bond motifs is 1. The minimum absolute atomic E-state index is 0.0502. The lowest BCUT2D eigenvalue weighted by molar-refractivity contribution is -0.131. The molecule has 0 atom stereocenters. The molecule has 130 valence electrons. The Hall–Kier alpha value is -2.66. The van der Waals surface area contributed by atoms with Gasteiger partial charge in [0.1, 0.15) is 17.7 Å². The number of carbonyl (C=O) groups is 1. The number of aromatic nitrogens is 1. The number of pyridine rings is 1. The standard InChI is InChI=1S/C20H14ClFN2O2/c21-12-1-4-18-16(6-12)20(7-14(8-20)26-18)19(25)24-17-10-23-9-11-5-13(22)2-3-15(11)17/h1-6,9-10,14H,7-8H2,(H,24,25). The summed E-state index contributed by atoms with van der Waals surface area (Å²) in [6.45, 7) is 0. The topological polar surface area (TPSA) is 51.2 Å². The summed E-state index contributed by atoms with van der Waals surface area (Å²) in [5.74, 6) is 0.264. The lowest BCUT2D eigenvalue weighted by atomic mass is 9.60. The zero-order valence-electron chi connectivity index (χ0n) is 13.6. The normalized spacial score (nSPS) is 22.9. The summed E-state index contributed by atoms with van der Waals surface area (Å²) in [7, 11) is 0. The Morgan fingerprint density at radius 2 is 2.08 bits per heavy atom. The zero-order chi connectivity index (χ0) is 17.9. The maximum Gasteiger partial charge on any atom is 0.235 e. The van der Waals surface area contributed by atoms with E-state index in [-0.39, 0.29) is 17.8 Å². The van der Waals surface area contributed by atoms with Crippen molar-refractivity contribution in [3.05, 3.63) is 65.2 Å². The molecule has 0 radical (unpaired) electrons. The van der Waals surface area contributed by atoms with Crippen molar-refractivity contribution in [3.8, 4) is 5.75 Å². The molecular weight excluding hydrogens is 355 g/mol. The lowest BCUT2D eigenvalue weighted by Gasteiger charge is -2.51. The molecule has 2 bridgehead atoms. The zero-order valence-corrected chi connectivity index (χ0v) is 14.4. The Labute approximate surface area is 153 Å². The number of anilines is 1. The van der Waals surface area contributed by atoms with Gasteiger partial charge in [0.05, 0.1) is 17.3 Å². The summed E-state index contributed by atoms with van der Waals surface area (Å²) in [6.07, 6.45) is 4.46. The molecule has 26 heavy (non-hydrogen) atoms. The molecule has 1 saturated carbocycles. The second-order valence-electron chi connectivity index (χ2n) is 6.88. The monoisotopic (exact) mass is 368 g/mol. The van der Waals surface area contributed by atoms with Crippen LogP contribution in [0.1, 0.15) is 18.4 Å². The summed E-state index contributed by atoms with van der Waals surface area (Å²) < 4.78 is 19.3. The molecule has 1 aliphatic carbocycles. The molecule has 1 fully saturated rings. The van der Waals surface area contributed by atoms with Crippen molar-refractivity contribution in [2.75, 3.05) is 5.32 Å². The third kappa shape index (κ3) is 2.20. The molecule has 6 rings (SSSR count). The van der Waals surface area contributed by atoms with Crippen LogP contribution in [-0.4, -0.2) is 17.0 Å². The van der Waals surface area contributed by atoms with Gasteiger partial charge in [-0.25, -0.2) is 4.39 Å². The molecule has 0 saturated heterocycles. The van der Waals surface area contributed by atoms with Gasteiger partial charge in [-0.15, -0.1) is 0 Å². The first-order chi connectivity index (χ1) is 12.5. The number of rotatable bonds is 2. The molecule has 3 heterocycles. The molecule has 2 aromatic carbocycles. The van der Waals surface area contributed by atoms with Gasteiger partial charge in [-0.1, -0.05) is 11.6 Å². The number of nitrogens with one attached hydrogen (secondary N) is 1. The van der Waals surface area contributed by atoms with Gasteiger partial charge in [-0.3, -0.25) is 9.78 Å². The van der Waals surface area contributed by atoms with E-state index < -0.39 is 5.41 Å². The average Bonchev–Trinajstić information content (AvgIpc) is 2.60. The third-order valence-corrected chi connectivity index (χ3v) is 5.54. The molecule has 1 N–H and O–H groups in total. The van der Waals surface area contributed by atoms with Crippen LogP contribution in [0.25, 0.3) is 10.8 Å². The number of benzene rings is 2. The fourth-order valence-corrected chi connectivity index (χ4v) is 4.15. The van der Waals surface area contributed by atoms with E-state index in [4.69, 9.17) is 16.3 Å². The van der Waals surface area contributed by atoms with Gasteiger partial charge in [-0.05, 0) is 36.4 Å². The first kappa shape index (κ1) is 15.6. The summed E-state index contributed by atoms with van der Waals surface area (Å²) in [6, 6.07) is 9.81. The molecule has 6 heteroatoms. The van der Waals surface area contributed by atoms with Crippen LogP contribution in [-0.2, 0) is 10.2 Å². The number of nitrogens with zero attached hydrogens (tertiary/aromatic N) is 1. The summed E-state index contributed by atoms with van der Waals surface area (Å²) in [5.41, 5.74) is 0.746. The summed E-state index contributed by atoms with van der Waals surface area (Å²) >= 11 is 6.15. The number of hydrogen-bond donors (Lipinski definition) is 1. The molecular formula is C20H14ClFN2O2.